The van der Waals surface area contributed by atoms with Crippen LogP contribution in [-0.2, 0) is 0 Å². The van der Waals surface area contributed by atoms with Crippen molar-refractivity contribution in [3.05, 3.63) is 78.1 Å². The van der Waals surface area contributed by atoms with Gasteiger partial charge in [0.2, 0.25) is 0 Å². The molecule has 0 aromatic heterocycles. The maximum Gasteiger partial charge on any atom is 0.128 e. The smallest absolute Gasteiger partial charge is 0.128 e. The highest BCUT2D eigenvalue weighted by molar-refractivity contribution is 5.51. The van der Waals surface area contributed by atoms with Crippen LogP contribution < -0.4 is 10.6 Å². The zero-order valence-electron chi connectivity index (χ0n) is 12.3. The van der Waals surface area contributed by atoms with Gasteiger partial charge in [0.25, 0.3) is 0 Å². The maximum absolute atomic E-state index is 13.5. The summed E-state index contributed by atoms with van der Waals surface area (Å²) in [6.45, 7) is 11.3. The van der Waals surface area contributed by atoms with Crippen LogP contribution in [0, 0.1) is 25.1 Å². The highest BCUT2D eigenvalue weighted by atomic mass is 19.1. The Morgan fingerprint density at radius 1 is 1.38 bits per heavy atom. The first kappa shape index (κ1) is 16.3. The molecule has 0 amide bonds. The highest BCUT2D eigenvalue weighted by Crippen LogP contribution is 2.15. The summed E-state index contributed by atoms with van der Waals surface area (Å²) in [5.41, 5.74) is 2.35. The Morgan fingerprint density at radius 3 is 2.67 bits per heavy atom. The molecule has 0 aliphatic rings. The molecule has 1 aromatic rings. The number of rotatable bonds is 6. The number of benzene rings is 1. The van der Waals surface area contributed by atoms with Crippen LogP contribution in [0.3, 0.4) is 0 Å². The second-order valence-corrected chi connectivity index (χ2v) is 4.42. The summed E-state index contributed by atoms with van der Waals surface area (Å²) in [4.78, 5) is 0. The summed E-state index contributed by atoms with van der Waals surface area (Å²) in [5.74, 6) is 2.73. The van der Waals surface area contributed by atoms with Gasteiger partial charge in [0.1, 0.15) is 11.6 Å². The largest absolute Gasteiger partial charge is 0.342 e. The number of allylic oxidation sites excluding steroid dienone is 4. The van der Waals surface area contributed by atoms with Crippen molar-refractivity contribution in [3.63, 3.8) is 0 Å². The predicted molar refractivity (Wildman–Crippen MR) is 87.9 cm³/mol. The molecule has 0 aliphatic heterocycles. The van der Waals surface area contributed by atoms with Gasteiger partial charge in [-0.2, -0.15) is 0 Å². The molecule has 0 radical (unpaired) electrons. The van der Waals surface area contributed by atoms with E-state index >= 15 is 0 Å². The molecule has 0 saturated carbocycles. The molecule has 0 unspecified atom stereocenters. The topological polar surface area (TPSA) is 24.1 Å². The fraction of sp³-hybridized carbons (Fsp3) is 0.111. The maximum atomic E-state index is 13.5. The SMILES string of the molecule is C#C/C(=C\C=C/C)C(=C)NC(=C)Nc1ccc(C)c(F)c1. The van der Waals surface area contributed by atoms with E-state index in [1.54, 1.807) is 25.1 Å². The van der Waals surface area contributed by atoms with Crippen LogP contribution >= 0.6 is 0 Å². The highest BCUT2D eigenvalue weighted by Gasteiger charge is 2.03. The lowest BCUT2D eigenvalue weighted by Crippen LogP contribution is -2.18. The van der Waals surface area contributed by atoms with Crippen molar-refractivity contribution < 1.29 is 4.39 Å². The Kier molecular flexibility index (Phi) is 6.03. The molecule has 0 aliphatic carbocycles. The molecule has 0 atom stereocenters. The standard InChI is InChI=1S/C18H19FN2/c1-6-8-9-16(7-2)14(4)20-15(5)21-17-11-10-13(3)18(19)12-17/h2,6,8-12,20-21H,4-5H2,1,3H3/b8-6-,16-9+. The number of anilines is 1. The van der Waals surface area contributed by atoms with Gasteiger partial charge in [-0.3, -0.25) is 0 Å². The van der Waals surface area contributed by atoms with E-state index in [9.17, 15) is 4.39 Å². The lowest BCUT2D eigenvalue weighted by atomic mass is 10.2. The van der Waals surface area contributed by atoms with Crippen molar-refractivity contribution in [3.8, 4) is 12.3 Å². The van der Waals surface area contributed by atoms with Crippen LogP contribution in [0.4, 0.5) is 10.1 Å². The molecule has 108 valence electrons. The van der Waals surface area contributed by atoms with Crippen LogP contribution in [0.1, 0.15) is 12.5 Å². The number of aryl methyl sites for hydroxylation is 1. The third-order valence-corrected chi connectivity index (χ3v) is 2.70. The molecule has 0 heterocycles. The summed E-state index contributed by atoms with van der Waals surface area (Å²) in [5, 5.41) is 5.91. The predicted octanol–water partition coefficient (Wildman–Crippen LogP) is 4.26. The minimum absolute atomic E-state index is 0.274. The Balaban J connectivity index is 2.71. The molecule has 2 nitrogen and oxygen atoms in total. The average Bonchev–Trinajstić information content (AvgIpc) is 2.43. The molecule has 21 heavy (non-hydrogen) atoms. The van der Waals surface area contributed by atoms with Crippen molar-refractivity contribution in [2.45, 2.75) is 13.8 Å². The zero-order chi connectivity index (χ0) is 15.8. The molecular weight excluding hydrogens is 263 g/mol. The van der Waals surface area contributed by atoms with E-state index in [1.165, 1.54) is 6.07 Å². The van der Waals surface area contributed by atoms with Gasteiger partial charge in [0.05, 0.1) is 0 Å². The van der Waals surface area contributed by atoms with Crippen LogP contribution in [0.25, 0.3) is 0 Å². The number of terminal acetylenes is 1. The van der Waals surface area contributed by atoms with E-state index in [2.05, 4.69) is 29.7 Å². The van der Waals surface area contributed by atoms with E-state index in [-0.39, 0.29) is 5.82 Å². The molecular formula is C18H19FN2. The van der Waals surface area contributed by atoms with Crippen molar-refractivity contribution in [2.75, 3.05) is 5.32 Å². The summed E-state index contributed by atoms with van der Waals surface area (Å²) in [6.07, 6.45) is 10.9. The van der Waals surface area contributed by atoms with Gasteiger partial charge in [-0.1, -0.05) is 37.3 Å². The summed E-state index contributed by atoms with van der Waals surface area (Å²) >= 11 is 0. The molecule has 0 fully saturated rings. The van der Waals surface area contributed by atoms with Gasteiger partial charge >= 0.3 is 0 Å². The number of hydrogen-bond donors (Lipinski definition) is 2. The summed E-state index contributed by atoms with van der Waals surface area (Å²) in [6, 6.07) is 4.87. The van der Waals surface area contributed by atoms with Crippen LogP contribution in [-0.4, -0.2) is 0 Å². The van der Waals surface area contributed by atoms with E-state index in [0.717, 1.165) is 0 Å². The number of hydrogen-bond acceptors (Lipinski definition) is 2. The van der Waals surface area contributed by atoms with Crippen LogP contribution in [0.15, 0.2) is 66.7 Å². The molecule has 3 heteroatoms. The van der Waals surface area contributed by atoms with E-state index < -0.39 is 0 Å². The fourth-order valence-electron chi connectivity index (χ4n) is 1.55. The Hall–Kier alpha value is -2.73. The Labute approximate surface area is 125 Å². The van der Waals surface area contributed by atoms with Gasteiger partial charge in [0, 0.05) is 17.0 Å². The average molecular weight is 282 g/mol. The molecule has 0 saturated heterocycles. The van der Waals surface area contributed by atoms with Gasteiger partial charge in [0.15, 0.2) is 0 Å². The lowest BCUT2D eigenvalue weighted by Gasteiger charge is -2.14. The van der Waals surface area contributed by atoms with Crippen LogP contribution in [0.5, 0.6) is 0 Å². The van der Waals surface area contributed by atoms with E-state index in [4.69, 9.17) is 6.42 Å². The second-order valence-electron chi connectivity index (χ2n) is 4.42. The van der Waals surface area contributed by atoms with E-state index in [1.807, 2.05) is 19.1 Å². The van der Waals surface area contributed by atoms with Gasteiger partial charge in [-0.05, 0) is 37.6 Å². The van der Waals surface area contributed by atoms with Gasteiger partial charge in [-0.25, -0.2) is 4.39 Å². The monoisotopic (exact) mass is 282 g/mol. The molecule has 1 rings (SSSR count). The molecule has 2 N–H and O–H groups in total. The van der Waals surface area contributed by atoms with Crippen molar-refractivity contribution in [1.82, 2.24) is 5.32 Å². The molecule has 0 spiro atoms. The first-order valence-corrected chi connectivity index (χ1v) is 6.46. The first-order chi connectivity index (χ1) is 9.97. The van der Waals surface area contributed by atoms with Crippen molar-refractivity contribution in [1.29, 1.82) is 0 Å². The minimum Gasteiger partial charge on any atom is -0.342 e. The minimum atomic E-state index is -0.274. The quantitative estimate of drug-likeness (QED) is 0.602. The van der Waals surface area contributed by atoms with Crippen LogP contribution in [0.2, 0.25) is 0 Å². The van der Waals surface area contributed by atoms with Gasteiger partial charge in [-0.15, -0.1) is 6.42 Å². The lowest BCUT2D eigenvalue weighted by molar-refractivity contribution is 0.619. The normalized spacial score (nSPS) is 11.0. The van der Waals surface area contributed by atoms with Crippen molar-refractivity contribution >= 4 is 5.69 Å². The third-order valence-electron chi connectivity index (χ3n) is 2.70. The molecule has 1 aromatic carbocycles. The summed E-state index contributed by atoms with van der Waals surface area (Å²) in [7, 11) is 0. The number of halogens is 1. The molecule has 0 bridgehead atoms. The number of nitrogens with one attached hydrogen (secondary N) is 2. The first-order valence-electron chi connectivity index (χ1n) is 6.46. The van der Waals surface area contributed by atoms with Crippen molar-refractivity contribution in [2.24, 2.45) is 0 Å². The summed E-state index contributed by atoms with van der Waals surface area (Å²) < 4.78 is 13.5. The fourth-order valence-corrected chi connectivity index (χ4v) is 1.55. The second kappa shape index (κ2) is 7.76. The Morgan fingerprint density at radius 2 is 2.10 bits per heavy atom. The van der Waals surface area contributed by atoms with E-state index in [0.29, 0.717) is 28.3 Å². The van der Waals surface area contributed by atoms with Gasteiger partial charge < -0.3 is 10.6 Å². The third kappa shape index (κ3) is 5.04. The Bertz CT molecular complexity index is 646. The zero-order valence-corrected chi connectivity index (χ0v) is 12.3.